The smallest absolute Gasteiger partial charge is 0.208 e. The van der Waals surface area contributed by atoms with Crippen molar-refractivity contribution in [1.82, 2.24) is 9.97 Å². The summed E-state index contributed by atoms with van der Waals surface area (Å²) in [7, 11) is -3.49. The van der Waals surface area contributed by atoms with Crippen LogP contribution in [0.2, 0.25) is 0 Å². The first-order chi connectivity index (χ1) is 8.69. The Balaban J connectivity index is 2.27. The molecule has 2 heterocycles. The van der Waals surface area contributed by atoms with Crippen molar-refractivity contribution in [2.75, 3.05) is 0 Å². The first-order valence-electron chi connectivity index (χ1n) is 5.41. The summed E-state index contributed by atoms with van der Waals surface area (Å²) in [6, 6.07) is 10.1. The van der Waals surface area contributed by atoms with Gasteiger partial charge in [0.25, 0.3) is 0 Å². The molecular weight excluding hydrogens is 248 g/mol. The second-order valence-corrected chi connectivity index (χ2v) is 5.81. The van der Waals surface area contributed by atoms with E-state index in [2.05, 4.69) is 9.97 Å². The van der Waals surface area contributed by atoms with E-state index in [0.717, 1.165) is 5.52 Å². The van der Waals surface area contributed by atoms with Gasteiger partial charge in [-0.1, -0.05) is 18.2 Å². The molecule has 0 bridgehead atoms. The van der Waals surface area contributed by atoms with Gasteiger partial charge in [-0.15, -0.1) is 0 Å². The summed E-state index contributed by atoms with van der Waals surface area (Å²) >= 11 is 0. The Morgan fingerprint density at radius 3 is 2.61 bits per heavy atom. The number of H-pyrrole nitrogens is 1. The van der Waals surface area contributed by atoms with Crippen LogP contribution in [0.15, 0.2) is 64.8 Å². The third-order valence-electron chi connectivity index (χ3n) is 2.79. The number of aromatic amines is 1. The molecule has 90 valence electrons. The van der Waals surface area contributed by atoms with Gasteiger partial charge in [-0.05, 0) is 18.2 Å². The molecule has 0 aliphatic carbocycles. The molecule has 0 aliphatic rings. The maximum atomic E-state index is 12.5. The predicted octanol–water partition coefficient (Wildman–Crippen LogP) is 2.40. The highest BCUT2D eigenvalue weighted by molar-refractivity contribution is 7.91. The van der Waals surface area contributed by atoms with Crippen LogP contribution < -0.4 is 0 Å². The second-order valence-electron chi connectivity index (χ2n) is 3.89. The van der Waals surface area contributed by atoms with Crippen LogP contribution in [0.3, 0.4) is 0 Å². The van der Waals surface area contributed by atoms with Gasteiger partial charge in [0, 0.05) is 29.5 Å². The van der Waals surface area contributed by atoms with Crippen LogP contribution in [-0.4, -0.2) is 18.4 Å². The van der Waals surface area contributed by atoms with Gasteiger partial charge < -0.3 is 4.98 Å². The third kappa shape index (κ3) is 1.60. The number of rotatable bonds is 2. The number of fused-ring (bicyclic) bond motifs is 1. The SMILES string of the molecule is O=S(=O)(c1ccccc1)c1c[nH]c2ccncc12. The lowest BCUT2D eigenvalue weighted by Crippen LogP contribution is -2.00. The van der Waals surface area contributed by atoms with E-state index in [1.807, 2.05) is 0 Å². The van der Waals surface area contributed by atoms with E-state index < -0.39 is 9.84 Å². The molecule has 1 aromatic carbocycles. The summed E-state index contributed by atoms with van der Waals surface area (Å²) in [5.74, 6) is 0. The summed E-state index contributed by atoms with van der Waals surface area (Å²) < 4.78 is 24.9. The zero-order valence-corrected chi connectivity index (χ0v) is 10.2. The minimum atomic E-state index is -3.49. The largest absolute Gasteiger partial charge is 0.360 e. The van der Waals surface area contributed by atoms with Crippen LogP contribution in [0.5, 0.6) is 0 Å². The van der Waals surface area contributed by atoms with Gasteiger partial charge in [-0.2, -0.15) is 0 Å². The average Bonchev–Trinajstić information content (AvgIpc) is 2.84. The zero-order valence-electron chi connectivity index (χ0n) is 9.37. The van der Waals surface area contributed by atoms with Crippen LogP contribution in [0.4, 0.5) is 0 Å². The van der Waals surface area contributed by atoms with E-state index in [4.69, 9.17) is 0 Å². The van der Waals surface area contributed by atoms with Crippen molar-refractivity contribution in [2.24, 2.45) is 0 Å². The molecule has 4 nitrogen and oxygen atoms in total. The molecule has 2 aromatic heterocycles. The van der Waals surface area contributed by atoms with Gasteiger partial charge in [-0.25, -0.2) is 8.42 Å². The minimum absolute atomic E-state index is 0.261. The zero-order chi connectivity index (χ0) is 12.6. The molecular formula is C13H10N2O2S. The Hall–Kier alpha value is -2.14. The lowest BCUT2D eigenvalue weighted by molar-refractivity contribution is 0.597. The fourth-order valence-electron chi connectivity index (χ4n) is 1.89. The van der Waals surface area contributed by atoms with Gasteiger partial charge >= 0.3 is 0 Å². The Morgan fingerprint density at radius 2 is 1.83 bits per heavy atom. The minimum Gasteiger partial charge on any atom is -0.360 e. The molecule has 0 radical (unpaired) electrons. The van der Waals surface area contributed by atoms with Crippen LogP contribution in [0, 0.1) is 0 Å². The molecule has 0 saturated carbocycles. The second kappa shape index (κ2) is 3.96. The standard InChI is InChI=1S/C13H10N2O2S/c16-18(17,10-4-2-1-3-5-10)13-9-15-12-6-7-14-8-11(12)13/h1-9,15H. The van der Waals surface area contributed by atoms with Gasteiger partial charge in [0.1, 0.15) is 0 Å². The molecule has 0 amide bonds. The summed E-state index contributed by atoms with van der Waals surface area (Å²) in [6.07, 6.45) is 4.69. The van der Waals surface area contributed by atoms with E-state index in [1.165, 1.54) is 6.20 Å². The molecule has 5 heteroatoms. The number of pyridine rings is 1. The van der Waals surface area contributed by atoms with Crippen molar-refractivity contribution < 1.29 is 8.42 Å². The van der Waals surface area contributed by atoms with E-state index in [1.54, 1.807) is 48.8 Å². The maximum Gasteiger partial charge on any atom is 0.208 e. The van der Waals surface area contributed by atoms with Crippen LogP contribution >= 0.6 is 0 Å². The quantitative estimate of drug-likeness (QED) is 0.767. The molecule has 0 fully saturated rings. The lowest BCUT2D eigenvalue weighted by atomic mass is 10.3. The Morgan fingerprint density at radius 1 is 1.06 bits per heavy atom. The topological polar surface area (TPSA) is 62.8 Å². The fourth-order valence-corrected chi connectivity index (χ4v) is 3.32. The van der Waals surface area contributed by atoms with Crippen molar-refractivity contribution in [1.29, 1.82) is 0 Å². The van der Waals surface area contributed by atoms with Crippen LogP contribution in [0.1, 0.15) is 0 Å². The van der Waals surface area contributed by atoms with Gasteiger partial charge in [-0.3, -0.25) is 4.98 Å². The van der Waals surface area contributed by atoms with Crippen molar-refractivity contribution in [3.63, 3.8) is 0 Å². The average molecular weight is 258 g/mol. The monoisotopic (exact) mass is 258 g/mol. The highest BCUT2D eigenvalue weighted by Crippen LogP contribution is 2.27. The van der Waals surface area contributed by atoms with Crippen molar-refractivity contribution in [3.05, 3.63) is 55.0 Å². The molecule has 18 heavy (non-hydrogen) atoms. The normalized spacial score (nSPS) is 11.8. The molecule has 3 rings (SSSR count). The van der Waals surface area contributed by atoms with E-state index >= 15 is 0 Å². The number of nitrogens with zero attached hydrogens (tertiary/aromatic N) is 1. The van der Waals surface area contributed by atoms with Gasteiger partial charge in [0.05, 0.1) is 9.79 Å². The highest BCUT2D eigenvalue weighted by Gasteiger charge is 2.21. The molecule has 0 aliphatic heterocycles. The van der Waals surface area contributed by atoms with E-state index in [-0.39, 0.29) is 9.79 Å². The number of sulfone groups is 1. The Kier molecular flexibility index (Phi) is 2.41. The first kappa shape index (κ1) is 11.0. The fraction of sp³-hybridized carbons (Fsp3) is 0. The van der Waals surface area contributed by atoms with E-state index in [9.17, 15) is 8.42 Å². The van der Waals surface area contributed by atoms with E-state index in [0.29, 0.717) is 5.39 Å². The third-order valence-corrected chi connectivity index (χ3v) is 4.60. The number of benzene rings is 1. The summed E-state index contributed by atoms with van der Waals surface area (Å²) in [5.41, 5.74) is 0.763. The Labute approximate surface area is 104 Å². The van der Waals surface area contributed by atoms with Crippen molar-refractivity contribution in [2.45, 2.75) is 9.79 Å². The first-order valence-corrected chi connectivity index (χ1v) is 6.89. The Bertz CT molecular complexity index is 792. The van der Waals surface area contributed by atoms with Crippen molar-refractivity contribution in [3.8, 4) is 0 Å². The van der Waals surface area contributed by atoms with Gasteiger partial charge in [0.15, 0.2) is 0 Å². The summed E-state index contributed by atoms with van der Waals surface area (Å²) in [6.45, 7) is 0. The number of hydrogen-bond acceptors (Lipinski definition) is 3. The lowest BCUT2D eigenvalue weighted by Gasteiger charge is -2.02. The predicted molar refractivity (Wildman–Crippen MR) is 68.0 cm³/mol. The summed E-state index contributed by atoms with van der Waals surface area (Å²) in [5, 5.41) is 0.612. The van der Waals surface area contributed by atoms with Crippen molar-refractivity contribution >= 4 is 20.7 Å². The number of hydrogen-bond donors (Lipinski definition) is 1. The van der Waals surface area contributed by atoms with Gasteiger partial charge in [0.2, 0.25) is 9.84 Å². The molecule has 0 atom stereocenters. The molecule has 3 aromatic rings. The maximum absolute atomic E-state index is 12.5. The van der Waals surface area contributed by atoms with Crippen LogP contribution in [0.25, 0.3) is 10.9 Å². The molecule has 0 unspecified atom stereocenters. The highest BCUT2D eigenvalue weighted by atomic mass is 32.2. The number of aromatic nitrogens is 2. The number of nitrogens with one attached hydrogen (secondary N) is 1. The summed E-state index contributed by atoms with van der Waals surface area (Å²) in [4.78, 5) is 7.46. The molecule has 0 saturated heterocycles. The molecule has 0 spiro atoms. The van der Waals surface area contributed by atoms with Crippen LogP contribution in [-0.2, 0) is 9.84 Å². The molecule has 1 N–H and O–H groups in total.